The highest BCUT2D eigenvalue weighted by Gasteiger charge is 2.19. The SMILES string of the molecule is Cc1cc(-c2ccc(OC3CCC3)nc2)ccc1-c1cnccc1C. The number of aryl methyl sites for hydroxylation is 2. The summed E-state index contributed by atoms with van der Waals surface area (Å²) in [6.45, 7) is 4.27. The number of hydrogen-bond donors (Lipinski definition) is 0. The Kier molecular flexibility index (Phi) is 4.22. The fourth-order valence-corrected chi connectivity index (χ4v) is 3.17. The minimum absolute atomic E-state index is 0.364. The predicted molar refractivity (Wildman–Crippen MR) is 101 cm³/mol. The Hall–Kier alpha value is -2.68. The molecule has 0 bridgehead atoms. The summed E-state index contributed by atoms with van der Waals surface area (Å²) in [7, 11) is 0. The van der Waals surface area contributed by atoms with E-state index in [1.807, 2.05) is 30.7 Å². The van der Waals surface area contributed by atoms with Crippen LogP contribution in [0, 0.1) is 13.8 Å². The molecule has 1 aromatic carbocycles. The van der Waals surface area contributed by atoms with E-state index in [1.165, 1.54) is 34.2 Å². The molecule has 1 saturated carbocycles. The van der Waals surface area contributed by atoms with Crippen LogP contribution in [-0.2, 0) is 0 Å². The number of ether oxygens (including phenoxy) is 1. The topological polar surface area (TPSA) is 35.0 Å². The van der Waals surface area contributed by atoms with Gasteiger partial charge in [0.2, 0.25) is 5.88 Å². The molecule has 0 aliphatic heterocycles. The minimum Gasteiger partial charge on any atom is -0.474 e. The molecular formula is C22H22N2O. The monoisotopic (exact) mass is 330 g/mol. The smallest absolute Gasteiger partial charge is 0.213 e. The molecule has 2 aromatic heterocycles. The first-order valence-electron chi connectivity index (χ1n) is 8.85. The molecule has 0 unspecified atom stereocenters. The normalized spacial score (nSPS) is 14.2. The molecule has 1 aliphatic rings. The van der Waals surface area contributed by atoms with E-state index in [0.717, 1.165) is 24.3 Å². The third kappa shape index (κ3) is 3.27. The maximum Gasteiger partial charge on any atom is 0.213 e. The van der Waals surface area contributed by atoms with Crippen LogP contribution in [0.2, 0.25) is 0 Å². The lowest BCUT2D eigenvalue weighted by Crippen LogP contribution is -2.24. The molecule has 4 rings (SSSR count). The second-order valence-corrected chi connectivity index (χ2v) is 6.78. The number of nitrogens with zero attached hydrogens (tertiary/aromatic N) is 2. The number of pyridine rings is 2. The summed E-state index contributed by atoms with van der Waals surface area (Å²) in [6, 6.07) is 12.7. The van der Waals surface area contributed by atoms with Gasteiger partial charge in [0.15, 0.2) is 0 Å². The number of rotatable bonds is 4. The minimum atomic E-state index is 0.364. The van der Waals surface area contributed by atoms with E-state index in [2.05, 4.69) is 48.1 Å². The molecule has 0 N–H and O–H groups in total. The molecule has 3 nitrogen and oxygen atoms in total. The molecule has 0 atom stereocenters. The van der Waals surface area contributed by atoms with Crippen LogP contribution >= 0.6 is 0 Å². The van der Waals surface area contributed by atoms with Crippen molar-refractivity contribution >= 4 is 0 Å². The van der Waals surface area contributed by atoms with E-state index in [0.29, 0.717) is 6.10 Å². The summed E-state index contributed by atoms with van der Waals surface area (Å²) in [5.74, 6) is 0.729. The number of benzene rings is 1. The second kappa shape index (κ2) is 6.67. The highest BCUT2D eigenvalue weighted by Crippen LogP contribution is 2.30. The van der Waals surface area contributed by atoms with E-state index in [4.69, 9.17) is 4.74 Å². The largest absolute Gasteiger partial charge is 0.474 e. The summed E-state index contributed by atoms with van der Waals surface area (Å²) in [5, 5.41) is 0. The van der Waals surface area contributed by atoms with Crippen LogP contribution in [0.5, 0.6) is 5.88 Å². The van der Waals surface area contributed by atoms with E-state index in [9.17, 15) is 0 Å². The molecule has 2 heterocycles. The van der Waals surface area contributed by atoms with Crippen molar-refractivity contribution in [3.05, 3.63) is 66.1 Å². The zero-order valence-electron chi connectivity index (χ0n) is 14.7. The predicted octanol–water partition coefficient (Wildman–Crippen LogP) is 5.36. The van der Waals surface area contributed by atoms with E-state index < -0.39 is 0 Å². The van der Waals surface area contributed by atoms with Gasteiger partial charge in [-0.15, -0.1) is 0 Å². The van der Waals surface area contributed by atoms with Gasteiger partial charge in [0, 0.05) is 35.8 Å². The molecule has 3 heteroatoms. The van der Waals surface area contributed by atoms with Crippen LogP contribution in [-0.4, -0.2) is 16.1 Å². The molecular weight excluding hydrogens is 308 g/mol. The zero-order chi connectivity index (χ0) is 17.2. The molecule has 3 aromatic rings. The van der Waals surface area contributed by atoms with Gasteiger partial charge in [0.25, 0.3) is 0 Å². The van der Waals surface area contributed by atoms with E-state index in [1.54, 1.807) is 0 Å². The Morgan fingerprint density at radius 1 is 0.880 bits per heavy atom. The second-order valence-electron chi connectivity index (χ2n) is 6.78. The van der Waals surface area contributed by atoms with Gasteiger partial charge in [0.05, 0.1) is 0 Å². The van der Waals surface area contributed by atoms with Crippen LogP contribution in [0.3, 0.4) is 0 Å². The van der Waals surface area contributed by atoms with Crippen molar-refractivity contribution < 1.29 is 4.74 Å². The van der Waals surface area contributed by atoms with Gasteiger partial charge in [-0.25, -0.2) is 4.98 Å². The lowest BCUT2D eigenvalue weighted by molar-refractivity contribution is 0.114. The van der Waals surface area contributed by atoms with Gasteiger partial charge in [-0.1, -0.05) is 18.2 Å². The first kappa shape index (κ1) is 15.8. The fraction of sp³-hybridized carbons (Fsp3) is 0.273. The Balaban J connectivity index is 1.59. The molecule has 0 radical (unpaired) electrons. The van der Waals surface area contributed by atoms with Gasteiger partial charge in [-0.3, -0.25) is 4.98 Å². The quantitative estimate of drug-likeness (QED) is 0.646. The van der Waals surface area contributed by atoms with E-state index >= 15 is 0 Å². The average Bonchev–Trinajstić information content (AvgIpc) is 2.59. The standard InChI is InChI=1S/C22H22N2O/c1-15-10-11-23-14-21(15)20-8-6-17(12-16(20)2)18-7-9-22(24-13-18)25-19-4-3-5-19/h6-14,19H,3-5H2,1-2H3. The van der Waals surface area contributed by atoms with Crippen molar-refractivity contribution in [1.82, 2.24) is 9.97 Å². The molecule has 1 fully saturated rings. The van der Waals surface area contributed by atoms with E-state index in [-0.39, 0.29) is 0 Å². The van der Waals surface area contributed by atoms with Crippen molar-refractivity contribution in [2.24, 2.45) is 0 Å². The summed E-state index contributed by atoms with van der Waals surface area (Å²) >= 11 is 0. The molecule has 1 aliphatic carbocycles. The fourth-order valence-electron chi connectivity index (χ4n) is 3.17. The summed E-state index contributed by atoms with van der Waals surface area (Å²) < 4.78 is 5.84. The maximum atomic E-state index is 5.84. The lowest BCUT2D eigenvalue weighted by Gasteiger charge is -2.25. The van der Waals surface area contributed by atoms with Crippen molar-refractivity contribution in [2.45, 2.75) is 39.2 Å². The van der Waals surface area contributed by atoms with Crippen LogP contribution in [0.15, 0.2) is 55.0 Å². The molecule has 126 valence electrons. The number of aromatic nitrogens is 2. The highest BCUT2D eigenvalue weighted by atomic mass is 16.5. The molecule has 0 amide bonds. The zero-order valence-corrected chi connectivity index (χ0v) is 14.7. The maximum absolute atomic E-state index is 5.84. The van der Waals surface area contributed by atoms with Crippen molar-refractivity contribution in [1.29, 1.82) is 0 Å². The Morgan fingerprint density at radius 3 is 2.36 bits per heavy atom. The van der Waals surface area contributed by atoms with Gasteiger partial charge in [0.1, 0.15) is 6.10 Å². The Labute approximate surface area is 148 Å². The first-order valence-corrected chi connectivity index (χ1v) is 8.85. The van der Waals surface area contributed by atoms with Crippen molar-refractivity contribution in [2.75, 3.05) is 0 Å². The van der Waals surface area contributed by atoms with Crippen molar-refractivity contribution in [3.63, 3.8) is 0 Å². The van der Waals surface area contributed by atoms with Gasteiger partial charge in [-0.2, -0.15) is 0 Å². The van der Waals surface area contributed by atoms with Crippen molar-refractivity contribution in [3.8, 4) is 28.1 Å². The molecule has 0 saturated heterocycles. The highest BCUT2D eigenvalue weighted by molar-refractivity contribution is 5.74. The van der Waals surface area contributed by atoms with Crippen LogP contribution in [0.25, 0.3) is 22.3 Å². The average molecular weight is 330 g/mol. The molecule has 25 heavy (non-hydrogen) atoms. The summed E-state index contributed by atoms with van der Waals surface area (Å²) in [6.07, 6.45) is 9.60. The van der Waals surface area contributed by atoms with Gasteiger partial charge >= 0.3 is 0 Å². The van der Waals surface area contributed by atoms with Gasteiger partial charge < -0.3 is 4.74 Å². The lowest BCUT2D eigenvalue weighted by atomic mass is 9.95. The van der Waals surface area contributed by atoms with Crippen LogP contribution in [0.1, 0.15) is 30.4 Å². The third-order valence-corrected chi connectivity index (χ3v) is 4.96. The van der Waals surface area contributed by atoms with Crippen LogP contribution < -0.4 is 4.74 Å². The first-order chi connectivity index (χ1) is 12.2. The van der Waals surface area contributed by atoms with Gasteiger partial charge in [-0.05, 0) is 67.5 Å². The number of hydrogen-bond acceptors (Lipinski definition) is 3. The Morgan fingerprint density at radius 2 is 1.72 bits per heavy atom. The summed E-state index contributed by atoms with van der Waals surface area (Å²) in [5.41, 5.74) is 7.18. The summed E-state index contributed by atoms with van der Waals surface area (Å²) in [4.78, 5) is 8.73. The van der Waals surface area contributed by atoms with Crippen LogP contribution in [0.4, 0.5) is 0 Å². The Bertz CT molecular complexity index is 883. The molecule has 0 spiro atoms. The third-order valence-electron chi connectivity index (χ3n) is 4.96.